The molecule has 1 aliphatic heterocycles. The summed E-state index contributed by atoms with van der Waals surface area (Å²) in [6.07, 6.45) is 0. The van der Waals surface area contributed by atoms with E-state index in [-0.39, 0.29) is 0 Å². The van der Waals surface area contributed by atoms with Crippen molar-refractivity contribution in [3.63, 3.8) is 0 Å². The van der Waals surface area contributed by atoms with Crippen LogP contribution < -0.4 is 9.80 Å². The molecule has 27 heavy (non-hydrogen) atoms. The van der Waals surface area contributed by atoms with E-state index >= 15 is 0 Å². The van der Waals surface area contributed by atoms with Crippen LogP contribution in [0, 0.1) is 0 Å². The van der Waals surface area contributed by atoms with Crippen molar-refractivity contribution in [3.05, 3.63) is 90.0 Å². The molecule has 2 aromatic carbocycles. The van der Waals surface area contributed by atoms with E-state index in [1.165, 1.54) is 11.1 Å². The largest absolute Gasteiger partial charge is 0.378 e. The van der Waals surface area contributed by atoms with E-state index in [4.69, 9.17) is 9.72 Å². The number of benzene rings is 2. The Morgan fingerprint density at radius 2 is 1.33 bits per heavy atom. The fraction of sp³-hybridized carbons (Fsp3) is 0.261. The summed E-state index contributed by atoms with van der Waals surface area (Å²) in [6.45, 7) is 4.99. The van der Waals surface area contributed by atoms with Crippen molar-refractivity contribution in [3.8, 4) is 0 Å². The molecule has 4 rings (SSSR count). The number of hydrogen-bond donors (Lipinski definition) is 0. The summed E-state index contributed by atoms with van der Waals surface area (Å²) in [5, 5.41) is 0. The third-order valence-electron chi connectivity index (χ3n) is 4.81. The Morgan fingerprint density at radius 3 is 1.93 bits per heavy atom. The molecule has 0 atom stereocenters. The van der Waals surface area contributed by atoms with E-state index in [2.05, 4.69) is 88.7 Å². The van der Waals surface area contributed by atoms with Crippen LogP contribution in [-0.4, -0.2) is 31.3 Å². The molecule has 1 aliphatic rings. The molecule has 0 radical (unpaired) electrons. The van der Waals surface area contributed by atoms with Gasteiger partial charge in [-0.1, -0.05) is 66.7 Å². The van der Waals surface area contributed by atoms with E-state index in [9.17, 15) is 0 Å². The van der Waals surface area contributed by atoms with Crippen molar-refractivity contribution in [2.24, 2.45) is 0 Å². The molecule has 0 aliphatic carbocycles. The molecule has 0 spiro atoms. The van der Waals surface area contributed by atoms with Crippen LogP contribution in [0.15, 0.2) is 78.9 Å². The second-order valence-corrected chi connectivity index (χ2v) is 6.78. The normalized spacial score (nSPS) is 14.1. The van der Waals surface area contributed by atoms with Gasteiger partial charge in [-0.3, -0.25) is 0 Å². The van der Waals surface area contributed by atoms with Crippen LogP contribution in [-0.2, 0) is 17.8 Å². The maximum atomic E-state index is 5.48. The lowest BCUT2D eigenvalue weighted by Gasteiger charge is -2.30. The zero-order valence-electron chi connectivity index (χ0n) is 15.5. The first-order valence-corrected chi connectivity index (χ1v) is 9.51. The second-order valence-electron chi connectivity index (χ2n) is 6.78. The van der Waals surface area contributed by atoms with Crippen molar-refractivity contribution in [1.82, 2.24) is 4.98 Å². The topological polar surface area (TPSA) is 28.6 Å². The summed E-state index contributed by atoms with van der Waals surface area (Å²) in [4.78, 5) is 9.63. The Balaban J connectivity index is 1.61. The first kappa shape index (κ1) is 17.6. The molecule has 0 amide bonds. The minimum atomic E-state index is 0.768. The minimum Gasteiger partial charge on any atom is -0.378 e. The highest BCUT2D eigenvalue weighted by molar-refractivity contribution is 5.49. The van der Waals surface area contributed by atoms with Crippen LogP contribution in [0.1, 0.15) is 11.1 Å². The lowest BCUT2D eigenvalue weighted by Crippen LogP contribution is -2.37. The van der Waals surface area contributed by atoms with Crippen molar-refractivity contribution in [2.45, 2.75) is 13.1 Å². The number of pyridine rings is 1. The van der Waals surface area contributed by atoms with Gasteiger partial charge in [0.15, 0.2) is 0 Å². The van der Waals surface area contributed by atoms with E-state index in [0.29, 0.717) is 0 Å². The van der Waals surface area contributed by atoms with Gasteiger partial charge in [0, 0.05) is 26.2 Å². The quantitative estimate of drug-likeness (QED) is 0.662. The number of anilines is 2. The molecular weight excluding hydrogens is 334 g/mol. The maximum Gasteiger partial charge on any atom is 0.131 e. The summed E-state index contributed by atoms with van der Waals surface area (Å²) in [5.74, 6) is 2.04. The maximum absolute atomic E-state index is 5.48. The predicted molar refractivity (Wildman–Crippen MR) is 110 cm³/mol. The van der Waals surface area contributed by atoms with Gasteiger partial charge in [-0.05, 0) is 23.3 Å². The Hall–Kier alpha value is -2.85. The molecule has 1 aromatic heterocycles. The van der Waals surface area contributed by atoms with Crippen molar-refractivity contribution in [2.75, 3.05) is 36.1 Å². The van der Waals surface area contributed by atoms with Gasteiger partial charge in [0.05, 0.1) is 13.2 Å². The molecular formula is C23H25N3O. The third kappa shape index (κ3) is 4.66. The number of aromatic nitrogens is 1. The van der Waals surface area contributed by atoms with Gasteiger partial charge in [-0.25, -0.2) is 4.98 Å². The van der Waals surface area contributed by atoms with Crippen LogP contribution in [0.5, 0.6) is 0 Å². The average molecular weight is 359 g/mol. The molecule has 3 aromatic rings. The van der Waals surface area contributed by atoms with Gasteiger partial charge >= 0.3 is 0 Å². The van der Waals surface area contributed by atoms with Crippen molar-refractivity contribution < 1.29 is 4.74 Å². The highest BCUT2D eigenvalue weighted by atomic mass is 16.5. The van der Waals surface area contributed by atoms with Crippen LogP contribution in [0.25, 0.3) is 0 Å². The molecule has 138 valence electrons. The molecule has 2 heterocycles. The smallest absolute Gasteiger partial charge is 0.131 e. The van der Waals surface area contributed by atoms with E-state index in [1.54, 1.807) is 0 Å². The Bertz CT molecular complexity index is 791. The summed E-state index contributed by atoms with van der Waals surface area (Å²) < 4.78 is 5.48. The van der Waals surface area contributed by atoms with E-state index < -0.39 is 0 Å². The first-order valence-electron chi connectivity index (χ1n) is 9.51. The highest BCUT2D eigenvalue weighted by Crippen LogP contribution is 2.22. The third-order valence-corrected chi connectivity index (χ3v) is 4.81. The van der Waals surface area contributed by atoms with Crippen LogP contribution >= 0.6 is 0 Å². The summed E-state index contributed by atoms with van der Waals surface area (Å²) in [5.41, 5.74) is 2.57. The molecule has 1 saturated heterocycles. The molecule has 0 unspecified atom stereocenters. The monoisotopic (exact) mass is 359 g/mol. The predicted octanol–water partition coefficient (Wildman–Crippen LogP) is 4.13. The number of hydrogen-bond acceptors (Lipinski definition) is 4. The highest BCUT2D eigenvalue weighted by Gasteiger charge is 2.15. The molecule has 4 heteroatoms. The summed E-state index contributed by atoms with van der Waals surface area (Å²) in [6, 6.07) is 27.5. The van der Waals surface area contributed by atoms with E-state index in [0.717, 1.165) is 51.0 Å². The SMILES string of the molecule is c1ccc(CN(Cc2ccccc2)c2cccc(N3CCOCC3)n2)cc1. The first-order chi connectivity index (χ1) is 13.4. The number of morpholine rings is 1. The Labute approximate surface area is 161 Å². The number of nitrogens with zero attached hydrogens (tertiary/aromatic N) is 3. The molecule has 0 bridgehead atoms. The van der Waals surface area contributed by atoms with Crippen LogP contribution in [0.3, 0.4) is 0 Å². The molecule has 0 N–H and O–H groups in total. The Morgan fingerprint density at radius 1 is 0.741 bits per heavy atom. The lowest BCUT2D eigenvalue weighted by molar-refractivity contribution is 0.122. The lowest BCUT2D eigenvalue weighted by atomic mass is 10.1. The van der Waals surface area contributed by atoms with Gasteiger partial charge in [0.1, 0.15) is 11.6 Å². The summed E-state index contributed by atoms with van der Waals surface area (Å²) >= 11 is 0. The van der Waals surface area contributed by atoms with Gasteiger partial charge in [0.25, 0.3) is 0 Å². The molecule has 0 saturated carbocycles. The van der Waals surface area contributed by atoms with Crippen molar-refractivity contribution in [1.29, 1.82) is 0 Å². The fourth-order valence-corrected chi connectivity index (χ4v) is 3.38. The zero-order valence-corrected chi connectivity index (χ0v) is 15.5. The van der Waals surface area contributed by atoms with Gasteiger partial charge in [-0.15, -0.1) is 0 Å². The fourth-order valence-electron chi connectivity index (χ4n) is 3.38. The molecule has 4 nitrogen and oxygen atoms in total. The van der Waals surface area contributed by atoms with Gasteiger partial charge in [0.2, 0.25) is 0 Å². The van der Waals surface area contributed by atoms with E-state index in [1.807, 2.05) is 0 Å². The van der Waals surface area contributed by atoms with Gasteiger partial charge < -0.3 is 14.5 Å². The average Bonchev–Trinajstić information content (AvgIpc) is 2.75. The zero-order chi connectivity index (χ0) is 18.3. The number of ether oxygens (including phenoxy) is 1. The summed E-state index contributed by atoms with van der Waals surface area (Å²) in [7, 11) is 0. The van der Waals surface area contributed by atoms with Crippen molar-refractivity contribution >= 4 is 11.6 Å². The van der Waals surface area contributed by atoms with Crippen LogP contribution in [0.2, 0.25) is 0 Å². The second kappa shape index (κ2) is 8.69. The van der Waals surface area contributed by atoms with Crippen LogP contribution in [0.4, 0.5) is 11.6 Å². The standard InChI is InChI=1S/C23H25N3O/c1-3-8-20(9-4-1)18-26(19-21-10-5-2-6-11-21)23-13-7-12-22(24-23)25-14-16-27-17-15-25/h1-13H,14-19H2. The number of rotatable bonds is 6. The molecule has 1 fully saturated rings. The van der Waals surface area contributed by atoms with Gasteiger partial charge in [-0.2, -0.15) is 0 Å². The minimum absolute atomic E-state index is 0.768. The Kier molecular flexibility index (Phi) is 5.65.